The van der Waals surface area contributed by atoms with E-state index in [-0.39, 0.29) is 11.6 Å². The molecular formula is C15H17IN2O4. The molecule has 118 valence electrons. The van der Waals surface area contributed by atoms with E-state index in [1.54, 1.807) is 26.2 Å². The van der Waals surface area contributed by atoms with Gasteiger partial charge in [-0.05, 0) is 60.2 Å². The average molecular weight is 416 g/mol. The number of carbonyl (C=O) groups excluding carboxylic acids is 2. The van der Waals surface area contributed by atoms with E-state index in [4.69, 9.17) is 9.47 Å². The minimum atomic E-state index is -0.397. The van der Waals surface area contributed by atoms with Gasteiger partial charge >= 0.3 is 6.03 Å². The number of nitrogens with zero attached hydrogens (tertiary/aromatic N) is 1. The first kappa shape index (κ1) is 16.6. The summed E-state index contributed by atoms with van der Waals surface area (Å²) in [5, 5.41) is 2.57. The molecule has 3 amide bonds. The molecule has 1 saturated heterocycles. The van der Waals surface area contributed by atoms with Gasteiger partial charge in [-0.1, -0.05) is 0 Å². The molecule has 1 fully saturated rings. The molecule has 1 N–H and O–H groups in total. The van der Waals surface area contributed by atoms with Crippen LogP contribution < -0.4 is 14.8 Å². The predicted molar refractivity (Wildman–Crippen MR) is 90.8 cm³/mol. The quantitative estimate of drug-likeness (QED) is 0.455. The van der Waals surface area contributed by atoms with Crippen molar-refractivity contribution < 1.29 is 19.1 Å². The molecule has 0 aromatic heterocycles. The van der Waals surface area contributed by atoms with Crippen LogP contribution in [0, 0.1) is 3.57 Å². The van der Waals surface area contributed by atoms with Crippen LogP contribution >= 0.6 is 22.6 Å². The van der Waals surface area contributed by atoms with Gasteiger partial charge in [0.15, 0.2) is 11.5 Å². The summed E-state index contributed by atoms with van der Waals surface area (Å²) in [4.78, 5) is 24.9. The Kier molecular flexibility index (Phi) is 5.28. The van der Waals surface area contributed by atoms with Crippen LogP contribution in [0.4, 0.5) is 4.79 Å². The van der Waals surface area contributed by atoms with Crippen LogP contribution in [-0.2, 0) is 4.79 Å². The molecule has 0 aliphatic carbocycles. The molecule has 1 aliphatic heterocycles. The molecule has 1 aromatic rings. The van der Waals surface area contributed by atoms with Crippen LogP contribution in [-0.4, -0.2) is 37.1 Å². The normalized spacial score (nSPS) is 16.2. The molecule has 0 atom stereocenters. The number of urea groups is 1. The summed E-state index contributed by atoms with van der Waals surface area (Å²) < 4.78 is 11.8. The summed E-state index contributed by atoms with van der Waals surface area (Å²) in [7, 11) is 1.56. The first-order valence-electron chi connectivity index (χ1n) is 6.86. The second kappa shape index (κ2) is 6.99. The van der Waals surface area contributed by atoms with E-state index in [1.807, 2.05) is 13.0 Å². The average Bonchev–Trinajstić information content (AvgIpc) is 2.75. The minimum absolute atomic E-state index is 0.258. The number of ether oxygens (including phenoxy) is 2. The first-order valence-corrected chi connectivity index (χ1v) is 7.94. The number of amides is 3. The predicted octanol–water partition coefficient (Wildman–Crippen LogP) is 2.61. The largest absolute Gasteiger partial charge is 0.493 e. The van der Waals surface area contributed by atoms with Crippen molar-refractivity contribution in [1.29, 1.82) is 0 Å². The molecular weight excluding hydrogens is 399 g/mol. The van der Waals surface area contributed by atoms with E-state index < -0.39 is 6.03 Å². The third-order valence-electron chi connectivity index (χ3n) is 3.13. The van der Waals surface area contributed by atoms with Gasteiger partial charge in [0.1, 0.15) is 5.70 Å². The number of hydrogen-bond donors (Lipinski definition) is 1. The summed E-state index contributed by atoms with van der Waals surface area (Å²) in [5.74, 6) is 0.935. The Morgan fingerprint density at radius 2 is 2.05 bits per heavy atom. The van der Waals surface area contributed by atoms with Gasteiger partial charge in [-0.15, -0.1) is 0 Å². The number of methoxy groups -OCH3 is 1. The number of halogens is 1. The lowest BCUT2D eigenvalue weighted by Gasteiger charge is -2.12. The molecule has 7 heteroatoms. The van der Waals surface area contributed by atoms with Gasteiger partial charge in [-0.3, -0.25) is 9.69 Å². The zero-order chi connectivity index (χ0) is 16.3. The Morgan fingerprint density at radius 1 is 1.32 bits per heavy atom. The molecule has 0 unspecified atom stereocenters. The SMILES string of the molecule is CCOc1c(I)cc(/C=C2/NC(=O)N(CC)C2=O)cc1OC. The van der Waals surface area contributed by atoms with Crippen LogP contribution in [0.15, 0.2) is 17.8 Å². The van der Waals surface area contributed by atoms with E-state index >= 15 is 0 Å². The summed E-state index contributed by atoms with van der Waals surface area (Å²) in [6.45, 7) is 4.53. The van der Waals surface area contributed by atoms with Crippen LogP contribution in [0.2, 0.25) is 0 Å². The number of hydrogen-bond acceptors (Lipinski definition) is 4. The molecule has 1 aliphatic rings. The van der Waals surface area contributed by atoms with Gasteiger partial charge in [-0.2, -0.15) is 0 Å². The van der Waals surface area contributed by atoms with Crippen LogP contribution in [0.25, 0.3) is 6.08 Å². The fourth-order valence-corrected chi connectivity index (χ4v) is 2.91. The monoisotopic (exact) mass is 416 g/mol. The van der Waals surface area contributed by atoms with Crippen molar-refractivity contribution in [2.24, 2.45) is 0 Å². The van der Waals surface area contributed by atoms with Crippen molar-refractivity contribution in [2.45, 2.75) is 13.8 Å². The molecule has 22 heavy (non-hydrogen) atoms. The zero-order valence-electron chi connectivity index (χ0n) is 12.6. The van der Waals surface area contributed by atoms with Gasteiger partial charge in [0.25, 0.3) is 5.91 Å². The van der Waals surface area contributed by atoms with E-state index in [0.717, 1.165) is 14.0 Å². The van der Waals surface area contributed by atoms with E-state index in [1.165, 1.54) is 0 Å². The highest BCUT2D eigenvalue weighted by molar-refractivity contribution is 14.1. The van der Waals surface area contributed by atoms with Gasteiger partial charge in [-0.25, -0.2) is 4.79 Å². The highest BCUT2D eigenvalue weighted by Gasteiger charge is 2.32. The lowest BCUT2D eigenvalue weighted by molar-refractivity contribution is -0.122. The van der Waals surface area contributed by atoms with Crippen LogP contribution in [0.3, 0.4) is 0 Å². The number of nitrogens with one attached hydrogen (secondary N) is 1. The van der Waals surface area contributed by atoms with Crippen LogP contribution in [0.5, 0.6) is 11.5 Å². The molecule has 0 radical (unpaired) electrons. The summed E-state index contributed by atoms with van der Waals surface area (Å²) in [5.41, 5.74) is 1.01. The molecule has 0 bridgehead atoms. The first-order chi connectivity index (χ1) is 10.5. The topological polar surface area (TPSA) is 67.9 Å². The second-order valence-electron chi connectivity index (χ2n) is 4.50. The number of imide groups is 1. The van der Waals surface area contributed by atoms with Crippen molar-refractivity contribution >= 4 is 40.6 Å². The molecule has 2 rings (SSSR count). The van der Waals surface area contributed by atoms with Gasteiger partial charge in [0.05, 0.1) is 17.3 Å². The van der Waals surface area contributed by atoms with Gasteiger partial charge in [0, 0.05) is 6.54 Å². The fourth-order valence-electron chi connectivity index (χ4n) is 2.13. The molecule has 1 aromatic carbocycles. The third kappa shape index (κ3) is 3.18. The molecule has 1 heterocycles. The maximum atomic E-state index is 12.1. The second-order valence-corrected chi connectivity index (χ2v) is 5.67. The fraction of sp³-hybridized carbons (Fsp3) is 0.333. The Bertz CT molecular complexity index is 643. The molecule has 0 saturated carbocycles. The summed E-state index contributed by atoms with van der Waals surface area (Å²) in [6, 6.07) is 3.25. The standard InChI is InChI=1S/C15H17IN2O4/c1-4-18-14(19)11(17-15(18)20)7-9-6-10(16)13(22-5-2)12(8-9)21-3/h6-8H,4-5H2,1-3H3,(H,17,20)/b11-7+. The van der Waals surface area contributed by atoms with E-state index in [2.05, 4.69) is 27.9 Å². The number of benzene rings is 1. The van der Waals surface area contributed by atoms with E-state index in [9.17, 15) is 9.59 Å². The Labute approximate surface area is 142 Å². The Balaban J connectivity index is 2.38. The Morgan fingerprint density at radius 3 is 2.59 bits per heavy atom. The highest BCUT2D eigenvalue weighted by atomic mass is 127. The summed E-state index contributed by atoms with van der Waals surface area (Å²) in [6.07, 6.45) is 1.64. The molecule has 0 spiro atoms. The van der Waals surface area contributed by atoms with Crippen LogP contribution in [0.1, 0.15) is 19.4 Å². The highest BCUT2D eigenvalue weighted by Crippen LogP contribution is 2.34. The lowest BCUT2D eigenvalue weighted by Crippen LogP contribution is -2.30. The van der Waals surface area contributed by atoms with Gasteiger partial charge < -0.3 is 14.8 Å². The number of rotatable bonds is 5. The van der Waals surface area contributed by atoms with Crippen molar-refractivity contribution in [2.75, 3.05) is 20.3 Å². The lowest BCUT2D eigenvalue weighted by atomic mass is 10.1. The van der Waals surface area contributed by atoms with Crippen molar-refractivity contribution in [3.05, 3.63) is 27.0 Å². The molecule has 6 nitrogen and oxygen atoms in total. The summed E-state index contributed by atoms with van der Waals surface area (Å²) >= 11 is 2.15. The maximum Gasteiger partial charge on any atom is 0.328 e. The maximum absolute atomic E-state index is 12.1. The zero-order valence-corrected chi connectivity index (χ0v) is 14.8. The third-order valence-corrected chi connectivity index (χ3v) is 3.93. The smallest absolute Gasteiger partial charge is 0.328 e. The number of likely N-dealkylation sites (N-methyl/N-ethyl adjacent to an activating group) is 1. The van der Waals surface area contributed by atoms with Gasteiger partial charge in [0.2, 0.25) is 0 Å². The van der Waals surface area contributed by atoms with E-state index in [0.29, 0.717) is 24.7 Å². The Hall–Kier alpha value is -1.77. The van der Waals surface area contributed by atoms with Crippen molar-refractivity contribution in [1.82, 2.24) is 10.2 Å². The number of carbonyl (C=O) groups is 2. The minimum Gasteiger partial charge on any atom is -0.493 e. The van der Waals surface area contributed by atoms with Crippen molar-refractivity contribution in [3.63, 3.8) is 0 Å². The van der Waals surface area contributed by atoms with Crippen molar-refractivity contribution in [3.8, 4) is 11.5 Å².